The van der Waals surface area contributed by atoms with Crippen LogP contribution in [0.4, 0.5) is 4.79 Å². The van der Waals surface area contributed by atoms with Gasteiger partial charge >= 0.3 is 6.03 Å². The highest BCUT2D eigenvalue weighted by atomic mass is 16.5. The molecular weight excluding hydrogens is 270 g/mol. The van der Waals surface area contributed by atoms with Crippen molar-refractivity contribution in [2.75, 3.05) is 19.8 Å². The van der Waals surface area contributed by atoms with Crippen LogP contribution in [0.2, 0.25) is 0 Å². The van der Waals surface area contributed by atoms with Crippen molar-refractivity contribution in [1.29, 1.82) is 0 Å². The van der Waals surface area contributed by atoms with Crippen LogP contribution in [0.5, 0.6) is 0 Å². The molecular formula is C15H19N3O3. The smallest absolute Gasteiger partial charge is 0.325 e. The standard InChI is InChI=1S/C15H19N3O3/c16-12(11-4-2-1-3-5-11)10-18-13(19)15(17-14(18)20)6-8-21-9-7-15/h1-5,12H,6-10,16H2,(H,17,20). The van der Waals surface area contributed by atoms with E-state index in [1.165, 1.54) is 4.90 Å². The minimum atomic E-state index is -0.786. The number of carbonyl (C=O) groups excluding carboxylic acids is 2. The van der Waals surface area contributed by atoms with E-state index in [-0.39, 0.29) is 24.5 Å². The number of carbonyl (C=O) groups is 2. The fourth-order valence-electron chi connectivity index (χ4n) is 2.90. The lowest BCUT2D eigenvalue weighted by Crippen LogP contribution is -2.51. The molecule has 2 aliphatic heterocycles. The first-order valence-corrected chi connectivity index (χ1v) is 7.15. The average Bonchev–Trinajstić information content (AvgIpc) is 2.73. The second kappa shape index (κ2) is 5.46. The van der Waals surface area contributed by atoms with Gasteiger partial charge < -0.3 is 15.8 Å². The first kappa shape index (κ1) is 14.0. The van der Waals surface area contributed by atoms with E-state index in [4.69, 9.17) is 10.5 Å². The first-order chi connectivity index (χ1) is 10.1. The molecule has 0 aromatic heterocycles. The Hall–Kier alpha value is -1.92. The number of urea groups is 1. The van der Waals surface area contributed by atoms with Gasteiger partial charge in [-0.3, -0.25) is 9.69 Å². The number of imide groups is 1. The van der Waals surface area contributed by atoms with Crippen LogP contribution < -0.4 is 11.1 Å². The van der Waals surface area contributed by atoms with E-state index < -0.39 is 5.54 Å². The lowest BCUT2D eigenvalue weighted by Gasteiger charge is -2.30. The Morgan fingerprint density at radius 2 is 1.90 bits per heavy atom. The highest BCUT2D eigenvalue weighted by Crippen LogP contribution is 2.29. The molecule has 3 rings (SSSR count). The molecule has 1 unspecified atom stereocenters. The van der Waals surface area contributed by atoms with Crippen molar-refractivity contribution in [2.24, 2.45) is 5.73 Å². The molecule has 1 spiro atoms. The molecule has 21 heavy (non-hydrogen) atoms. The van der Waals surface area contributed by atoms with Crippen LogP contribution in [-0.4, -0.2) is 42.1 Å². The topological polar surface area (TPSA) is 84.7 Å². The van der Waals surface area contributed by atoms with Crippen molar-refractivity contribution in [1.82, 2.24) is 10.2 Å². The third-order valence-corrected chi connectivity index (χ3v) is 4.20. The van der Waals surface area contributed by atoms with Gasteiger partial charge in [-0.1, -0.05) is 30.3 Å². The van der Waals surface area contributed by atoms with E-state index in [0.29, 0.717) is 26.1 Å². The van der Waals surface area contributed by atoms with E-state index >= 15 is 0 Å². The summed E-state index contributed by atoms with van der Waals surface area (Å²) in [5.74, 6) is -0.179. The Morgan fingerprint density at radius 1 is 1.24 bits per heavy atom. The van der Waals surface area contributed by atoms with Crippen molar-refractivity contribution in [2.45, 2.75) is 24.4 Å². The Labute approximate surface area is 123 Å². The molecule has 1 atom stereocenters. The summed E-state index contributed by atoms with van der Waals surface area (Å²) in [5, 5.41) is 2.83. The van der Waals surface area contributed by atoms with Gasteiger partial charge in [-0.05, 0) is 5.56 Å². The number of hydrogen-bond acceptors (Lipinski definition) is 4. The second-order valence-corrected chi connectivity index (χ2v) is 5.56. The summed E-state index contributed by atoms with van der Waals surface area (Å²) in [7, 11) is 0. The van der Waals surface area contributed by atoms with Crippen LogP contribution in [0.25, 0.3) is 0 Å². The minimum Gasteiger partial charge on any atom is -0.381 e. The molecule has 3 amide bonds. The number of ether oxygens (including phenoxy) is 1. The maximum Gasteiger partial charge on any atom is 0.325 e. The molecule has 1 aromatic rings. The number of nitrogens with one attached hydrogen (secondary N) is 1. The van der Waals surface area contributed by atoms with E-state index in [1.807, 2.05) is 30.3 Å². The number of amides is 3. The average molecular weight is 289 g/mol. The van der Waals surface area contributed by atoms with Crippen LogP contribution in [0.15, 0.2) is 30.3 Å². The molecule has 2 fully saturated rings. The normalized spacial score (nSPS) is 22.4. The maximum atomic E-state index is 12.6. The SMILES string of the molecule is NC(CN1C(=O)NC2(CCOCC2)C1=O)c1ccccc1. The fraction of sp³-hybridized carbons (Fsp3) is 0.467. The van der Waals surface area contributed by atoms with Crippen molar-refractivity contribution in [3.8, 4) is 0 Å². The van der Waals surface area contributed by atoms with Crippen LogP contribution in [0.3, 0.4) is 0 Å². The highest BCUT2D eigenvalue weighted by Gasteiger charge is 2.51. The van der Waals surface area contributed by atoms with Crippen LogP contribution in [-0.2, 0) is 9.53 Å². The van der Waals surface area contributed by atoms with Crippen molar-refractivity contribution >= 4 is 11.9 Å². The summed E-state index contributed by atoms with van der Waals surface area (Å²) in [5.41, 5.74) is 6.24. The summed E-state index contributed by atoms with van der Waals surface area (Å²) in [6.45, 7) is 1.17. The Balaban J connectivity index is 1.74. The van der Waals surface area contributed by atoms with E-state index in [1.54, 1.807) is 0 Å². The van der Waals surface area contributed by atoms with Crippen LogP contribution in [0.1, 0.15) is 24.4 Å². The van der Waals surface area contributed by atoms with Crippen molar-refractivity contribution in [3.05, 3.63) is 35.9 Å². The van der Waals surface area contributed by atoms with Gasteiger partial charge in [-0.25, -0.2) is 4.79 Å². The third-order valence-electron chi connectivity index (χ3n) is 4.20. The van der Waals surface area contributed by atoms with Gasteiger partial charge in [0.1, 0.15) is 5.54 Å². The van der Waals surface area contributed by atoms with Gasteiger partial charge in [0, 0.05) is 38.6 Å². The molecule has 3 N–H and O–H groups in total. The second-order valence-electron chi connectivity index (χ2n) is 5.56. The monoisotopic (exact) mass is 289 g/mol. The van der Waals surface area contributed by atoms with Gasteiger partial charge in [0.25, 0.3) is 5.91 Å². The zero-order valence-electron chi connectivity index (χ0n) is 11.7. The summed E-state index contributed by atoms with van der Waals surface area (Å²) in [6, 6.07) is 8.74. The summed E-state index contributed by atoms with van der Waals surface area (Å²) < 4.78 is 5.28. The van der Waals surface area contributed by atoms with E-state index in [0.717, 1.165) is 5.56 Å². The van der Waals surface area contributed by atoms with Crippen molar-refractivity contribution < 1.29 is 14.3 Å². The molecule has 2 saturated heterocycles. The molecule has 0 bridgehead atoms. The predicted octanol–water partition coefficient (Wildman–Crippen LogP) is 0.787. The lowest BCUT2D eigenvalue weighted by molar-refractivity contribution is -0.134. The Morgan fingerprint density at radius 3 is 2.57 bits per heavy atom. The van der Waals surface area contributed by atoms with Gasteiger partial charge in [0.2, 0.25) is 0 Å². The Kier molecular flexibility index (Phi) is 3.65. The molecule has 0 radical (unpaired) electrons. The molecule has 1 aromatic carbocycles. The quantitative estimate of drug-likeness (QED) is 0.806. The lowest BCUT2D eigenvalue weighted by atomic mass is 9.90. The Bertz CT molecular complexity index is 540. The molecule has 0 saturated carbocycles. The summed E-state index contributed by atoms with van der Waals surface area (Å²) in [6.07, 6.45) is 1.04. The molecule has 2 aliphatic rings. The minimum absolute atomic E-state index is 0.179. The predicted molar refractivity (Wildman–Crippen MR) is 76.4 cm³/mol. The number of nitrogens with zero attached hydrogens (tertiary/aromatic N) is 1. The van der Waals surface area contributed by atoms with Gasteiger partial charge in [0.05, 0.1) is 0 Å². The van der Waals surface area contributed by atoms with Crippen LogP contribution in [0, 0.1) is 0 Å². The molecule has 2 heterocycles. The maximum absolute atomic E-state index is 12.6. The number of rotatable bonds is 3. The zero-order valence-corrected chi connectivity index (χ0v) is 11.7. The summed E-state index contributed by atoms with van der Waals surface area (Å²) in [4.78, 5) is 26.0. The molecule has 0 aliphatic carbocycles. The summed E-state index contributed by atoms with van der Waals surface area (Å²) >= 11 is 0. The highest BCUT2D eigenvalue weighted by molar-refractivity contribution is 6.07. The van der Waals surface area contributed by atoms with Gasteiger partial charge in [-0.15, -0.1) is 0 Å². The number of hydrogen-bond donors (Lipinski definition) is 2. The first-order valence-electron chi connectivity index (χ1n) is 7.15. The van der Waals surface area contributed by atoms with Crippen LogP contribution >= 0.6 is 0 Å². The zero-order chi connectivity index (χ0) is 14.9. The third kappa shape index (κ3) is 2.52. The fourth-order valence-corrected chi connectivity index (χ4v) is 2.90. The van der Waals surface area contributed by atoms with E-state index in [9.17, 15) is 9.59 Å². The number of nitrogens with two attached hydrogens (primary N) is 1. The largest absolute Gasteiger partial charge is 0.381 e. The molecule has 6 heteroatoms. The van der Waals surface area contributed by atoms with Gasteiger partial charge in [0.15, 0.2) is 0 Å². The van der Waals surface area contributed by atoms with Crippen molar-refractivity contribution in [3.63, 3.8) is 0 Å². The van der Waals surface area contributed by atoms with E-state index in [2.05, 4.69) is 5.32 Å². The number of benzene rings is 1. The molecule has 6 nitrogen and oxygen atoms in total. The van der Waals surface area contributed by atoms with Gasteiger partial charge in [-0.2, -0.15) is 0 Å². The molecule has 112 valence electrons.